The van der Waals surface area contributed by atoms with Gasteiger partial charge in [-0.1, -0.05) is 36.7 Å². The Morgan fingerprint density at radius 1 is 1.19 bits per heavy atom. The van der Waals surface area contributed by atoms with Crippen LogP contribution in [-0.4, -0.2) is 9.61 Å². The first kappa shape index (κ1) is 14.1. The monoisotopic (exact) mass is 299 g/mol. The standard InChI is InChI=1S/C17H18ClN3/c1-2-16(13-6-8-15(18)9-7-13)19-11-14-12-20-21-10-4-3-5-17(14)21/h3-10,12,16,19H,2,11H2,1H3. The van der Waals surface area contributed by atoms with E-state index in [0.717, 1.165) is 23.5 Å². The molecule has 4 heteroatoms. The first-order chi connectivity index (χ1) is 10.3. The average Bonchev–Trinajstić information content (AvgIpc) is 2.93. The largest absolute Gasteiger partial charge is 0.306 e. The Balaban J connectivity index is 1.74. The molecule has 0 amide bonds. The topological polar surface area (TPSA) is 29.3 Å². The third-order valence-corrected chi connectivity index (χ3v) is 3.98. The van der Waals surface area contributed by atoms with Crippen LogP contribution < -0.4 is 5.32 Å². The van der Waals surface area contributed by atoms with Crippen LogP contribution in [0.25, 0.3) is 5.52 Å². The number of hydrogen-bond donors (Lipinski definition) is 1. The van der Waals surface area contributed by atoms with Crippen molar-refractivity contribution in [3.05, 3.63) is 71.0 Å². The second kappa shape index (κ2) is 6.29. The normalized spacial score (nSPS) is 12.7. The second-order valence-corrected chi connectivity index (χ2v) is 5.53. The molecular weight excluding hydrogens is 282 g/mol. The zero-order valence-corrected chi connectivity index (χ0v) is 12.7. The molecule has 3 rings (SSSR count). The number of fused-ring (bicyclic) bond motifs is 1. The Kier molecular flexibility index (Phi) is 4.23. The lowest BCUT2D eigenvalue weighted by molar-refractivity contribution is 0.520. The molecule has 1 unspecified atom stereocenters. The summed E-state index contributed by atoms with van der Waals surface area (Å²) in [6.07, 6.45) is 4.92. The van der Waals surface area contributed by atoms with Crippen molar-refractivity contribution in [3.8, 4) is 0 Å². The summed E-state index contributed by atoms with van der Waals surface area (Å²) in [5, 5.41) is 8.74. The van der Waals surface area contributed by atoms with Gasteiger partial charge in [-0.15, -0.1) is 0 Å². The Labute approximate surface area is 129 Å². The van der Waals surface area contributed by atoms with Crippen molar-refractivity contribution >= 4 is 17.1 Å². The summed E-state index contributed by atoms with van der Waals surface area (Å²) in [5.74, 6) is 0. The summed E-state index contributed by atoms with van der Waals surface area (Å²) in [6.45, 7) is 2.98. The van der Waals surface area contributed by atoms with Crippen molar-refractivity contribution in [2.45, 2.75) is 25.9 Å². The summed E-state index contributed by atoms with van der Waals surface area (Å²) in [7, 11) is 0. The molecule has 21 heavy (non-hydrogen) atoms. The first-order valence-electron chi connectivity index (χ1n) is 7.18. The van der Waals surface area contributed by atoms with E-state index in [1.165, 1.54) is 11.1 Å². The zero-order chi connectivity index (χ0) is 14.7. The van der Waals surface area contributed by atoms with Crippen LogP contribution in [0.1, 0.15) is 30.5 Å². The minimum atomic E-state index is 0.320. The molecule has 3 aromatic rings. The van der Waals surface area contributed by atoms with Gasteiger partial charge in [-0.25, -0.2) is 4.52 Å². The fourth-order valence-electron chi connectivity index (χ4n) is 2.55. The Hall–Kier alpha value is -1.84. The van der Waals surface area contributed by atoms with Gasteiger partial charge < -0.3 is 5.32 Å². The van der Waals surface area contributed by atoms with Crippen LogP contribution in [0.5, 0.6) is 0 Å². The van der Waals surface area contributed by atoms with Crippen molar-refractivity contribution < 1.29 is 0 Å². The lowest BCUT2D eigenvalue weighted by Crippen LogP contribution is -2.20. The highest BCUT2D eigenvalue weighted by Crippen LogP contribution is 2.20. The van der Waals surface area contributed by atoms with Gasteiger partial charge >= 0.3 is 0 Å². The molecule has 0 aliphatic heterocycles. The molecule has 0 radical (unpaired) electrons. The van der Waals surface area contributed by atoms with Crippen molar-refractivity contribution in [2.75, 3.05) is 0 Å². The number of rotatable bonds is 5. The predicted octanol–water partition coefficient (Wildman–Crippen LogP) is 4.23. The van der Waals surface area contributed by atoms with Crippen LogP contribution in [0.15, 0.2) is 54.9 Å². The van der Waals surface area contributed by atoms with Crippen LogP contribution in [0.4, 0.5) is 0 Å². The van der Waals surface area contributed by atoms with E-state index in [0.29, 0.717) is 6.04 Å². The smallest absolute Gasteiger partial charge is 0.0706 e. The van der Waals surface area contributed by atoms with Gasteiger partial charge in [0.15, 0.2) is 0 Å². The molecule has 0 fully saturated rings. The maximum absolute atomic E-state index is 5.95. The summed E-state index contributed by atoms with van der Waals surface area (Å²) >= 11 is 5.95. The predicted molar refractivity (Wildman–Crippen MR) is 86.5 cm³/mol. The maximum Gasteiger partial charge on any atom is 0.0706 e. The van der Waals surface area contributed by atoms with Gasteiger partial charge in [0.2, 0.25) is 0 Å². The van der Waals surface area contributed by atoms with Gasteiger partial charge in [0.1, 0.15) is 0 Å². The molecule has 1 N–H and O–H groups in total. The molecule has 0 aliphatic rings. The molecule has 0 aliphatic carbocycles. The number of benzene rings is 1. The highest BCUT2D eigenvalue weighted by atomic mass is 35.5. The molecule has 3 nitrogen and oxygen atoms in total. The average molecular weight is 300 g/mol. The molecule has 2 heterocycles. The number of nitrogens with one attached hydrogen (secondary N) is 1. The molecule has 0 bridgehead atoms. The molecule has 0 saturated carbocycles. The number of aromatic nitrogens is 2. The van der Waals surface area contributed by atoms with E-state index in [1.807, 2.05) is 41.2 Å². The van der Waals surface area contributed by atoms with E-state index in [9.17, 15) is 0 Å². The Bertz CT molecular complexity index is 718. The van der Waals surface area contributed by atoms with Gasteiger partial charge in [-0.3, -0.25) is 0 Å². The third-order valence-electron chi connectivity index (χ3n) is 3.73. The highest BCUT2D eigenvalue weighted by molar-refractivity contribution is 6.30. The van der Waals surface area contributed by atoms with Gasteiger partial charge in [0.05, 0.1) is 11.7 Å². The Morgan fingerprint density at radius 3 is 2.76 bits per heavy atom. The SMILES string of the molecule is CCC(NCc1cnn2ccccc12)c1ccc(Cl)cc1. The minimum absolute atomic E-state index is 0.320. The molecule has 0 spiro atoms. The van der Waals surface area contributed by atoms with Gasteiger partial charge in [-0.05, 0) is 36.2 Å². The van der Waals surface area contributed by atoms with E-state index in [4.69, 9.17) is 11.6 Å². The number of hydrogen-bond acceptors (Lipinski definition) is 2. The van der Waals surface area contributed by atoms with Crippen LogP contribution in [0.3, 0.4) is 0 Å². The molecule has 2 aromatic heterocycles. The van der Waals surface area contributed by atoms with Crippen molar-refractivity contribution in [2.24, 2.45) is 0 Å². The summed E-state index contributed by atoms with van der Waals surface area (Å²) in [4.78, 5) is 0. The van der Waals surface area contributed by atoms with Gasteiger partial charge in [-0.2, -0.15) is 5.10 Å². The lowest BCUT2D eigenvalue weighted by atomic mass is 10.0. The van der Waals surface area contributed by atoms with E-state index < -0.39 is 0 Å². The van der Waals surface area contributed by atoms with E-state index in [1.54, 1.807) is 0 Å². The molecule has 1 atom stereocenters. The molecule has 1 aromatic carbocycles. The summed E-state index contributed by atoms with van der Waals surface area (Å²) in [5.41, 5.74) is 3.62. The summed E-state index contributed by atoms with van der Waals surface area (Å²) in [6, 6.07) is 14.5. The first-order valence-corrected chi connectivity index (χ1v) is 7.56. The van der Waals surface area contributed by atoms with E-state index in [2.05, 4.69) is 35.5 Å². The second-order valence-electron chi connectivity index (χ2n) is 5.09. The Morgan fingerprint density at radius 2 is 2.00 bits per heavy atom. The van der Waals surface area contributed by atoms with Crippen molar-refractivity contribution in [1.29, 1.82) is 0 Å². The maximum atomic E-state index is 5.95. The van der Waals surface area contributed by atoms with Gasteiger partial charge in [0.25, 0.3) is 0 Å². The fraction of sp³-hybridized carbons (Fsp3) is 0.235. The molecule has 0 saturated heterocycles. The molecular formula is C17H18ClN3. The quantitative estimate of drug-likeness (QED) is 0.764. The zero-order valence-electron chi connectivity index (χ0n) is 12.0. The third kappa shape index (κ3) is 3.09. The molecule has 108 valence electrons. The number of pyridine rings is 1. The van der Waals surface area contributed by atoms with Crippen LogP contribution in [0.2, 0.25) is 5.02 Å². The lowest BCUT2D eigenvalue weighted by Gasteiger charge is -2.17. The van der Waals surface area contributed by atoms with Crippen LogP contribution in [0, 0.1) is 0 Å². The van der Waals surface area contributed by atoms with Gasteiger partial charge in [0, 0.05) is 29.4 Å². The van der Waals surface area contributed by atoms with Crippen LogP contribution >= 0.6 is 11.6 Å². The highest BCUT2D eigenvalue weighted by Gasteiger charge is 2.10. The minimum Gasteiger partial charge on any atom is -0.306 e. The van der Waals surface area contributed by atoms with Crippen molar-refractivity contribution in [1.82, 2.24) is 14.9 Å². The fourth-order valence-corrected chi connectivity index (χ4v) is 2.68. The van der Waals surface area contributed by atoms with E-state index >= 15 is 0 Å². The number of nitrogens with zero attached hydrogens (tertiary/aromatic N) is 2. The van der Waals surface area contributed by atoms with Crippen LogP contribution in [-0.2, 0) is 6.54 Å². The number of halogens is 1. The summed E-state index contributed by atoms with van der Waals surface area (Å²) < 4.78 is 1.90. The van der Waals surface area contributed by atoms with Crippen molar-refractivity contribution in [3.63, 3.8) is 0 Å². The van der Waals surface area contributed by atoms with E-state index in [-0.39, 0.29) is 0 Å².